The Morgan fingerprint density at radius 1 is 1.23 bits per heavy atom. The van der Waals surface area contributed by atoms with Gasteiger partial charge in [-0.2, -0.15) is 0 Å². The Morgan fingerprint density at radius 3 is 2.74 bits per heavy atom. The van der Waals surface area contributed by atoms with Gasteiger partial charge < -0.3 is 15.4 Å². The second-order valence-corrected chi connectivity index (χ2v) is 8.67. The van der Waals surface area contributed by atoms with Crippen LogP contribution in [0.15, 0.2) is 42.7 Å². The van der Waals surface area contributed by atoms with Crippen molar-refractivity contribution in [1.82, 2.24) is 15.3 Å². The fraction of sp³-hybridized carbons (Fsp3) is 0.391. The maximum atomic E-state index is 13.8. The van der Waals surface area contributed by atoms with Crippen molar-refractivity contribution in [2.75, 3.05) is 0 Å². The summed E-state index contributed by atoms with van der Waals surface area (Å²) in [6.45, 7) is 2.46. The largest absolute Gasteiger partial charge is 0.368 e. The molecular formula is C23H24ClFN4O2. The number of nitrogens with one attached hydrogen (secondary N) is 1. The number of aromatic nitrogens is 2. The Morgan fingerprint density at radius 2 is 2.00 bits per heavy atom. The number of halogens is 2. The first-order valence-electron chi connectivity index (χ1n) is 10.5. The molecule has 162 valence electrons. The van der Waals surface area contributed by atoms with E-state index in [1.54, 1.807) is 24.4 Å². The van der Waals surface area contributed by atoms with E-state index in [2.05, 4.69) is 22.2 Å². The number of fused-ring (bicyclic) bond motifs is 1. The third kappa shape index (κ3) is 4.83. The van der Waals surface area contributed by atoms with Crippen molar-refractivity contribution >= 4 is 28.3 Å². The van der Waals surface area contributed by atoms with Crippen LogP contribution in [0.5, 0.6) is 0 Å². The van der Waals surface area contributed by atoms with Crippen molar-refractivity contribution in [3.8, 4) is 0 Å². The maximum Gasteiger partial charge on any atom is 0.368 e. The zero-order chi connectivity index (χ0) is 22.0. The predicted octanol–water partition coefficient (Wildman–Crippen LogP) is 5.78. The van der Waals surface area contributed by atoms with E-state index in [0.717, 1.165) is 36.6 Å². The molecule has 1 aliphatic carbocycles. The van der Waals surface area contributed by atoms with Gasteiger partial charge >= 0.3 is 5.82 Å². The molecule has 1 aromatic carbocycles. The first kappa shape index (κ1) is 21.6. The Hall–Kier alpha value is -2.64. The lowest BCUT2D eigenvalue weighted by Gasteiger charge is -2.33. The van der Waals surface area contributed by atoms with Crippen LogP contribution in [-0.4, -0.2) is 20.9 Å². The number of benzene rings is 1. The third-order valence-electron chi connectivity index (χ3n) is 6.35. The highest BCUT2D eigenvalue weighted by atomic mass is 35.5. The minimum absolute atomic E-state index is 0.162. The molecule has 0 spiro atoms. The first-order chi connectivity index (χ1) is 14.9. The number of nitrogens with zero attached hydrogens (tertiary/aromatic N) is 3. The zero-order valence-corrected chi connectivity index (χ0v) is 18.0. The first-order valence-corrected chi connectivity index (χ1v) is 10.9. The molecule has 1 N–H and O–H groups in total. The number of nitro groups is 1. The Balaban J connectivity index is 1.39. The summed E-state index contributed by atoms with van der Waals surface area (Å²) in [5.41, 5.74) is 2.49. The Bertz CT molecular complexity index is 1100. The molecule has 0 saturated heterocycles. The molecular weight excluding hydrogens is 419 g/mol. The van der Waals surface area contributed by atoms with Crippen LogP contribution in [0.3, 0.4) is 0 Å². The van der Waals surface area contributed by atoms with Gasteiger partial charge in [-0.3, -0.25) is 4.98 Å². The summed E-state index contributed by atoms with van der Waals surface area (Å²) in [5, 5.41) is 15.9. The summed E-state index contributed by atoms with van der Waals surface area (Å²) < 4.78 is 13.8. The second-order valence-electron chi connectivity index (χ2n) is 8.24. The zero-order valence-electron chi connectivity index (χ0n) is 17.2. The van der Waals surface area contributed by atoms with Crippen LogP contribution in [0.25, 0.3) is 10.9 Å². The lowest BCUT2D eigenvalue weighted by atomic mass is 9.75. The Kier molecular flexibility index (Phi) is 6.43. The fourth-order valence-electron chi connectivity index (χ4n) is 4.63. The summed E-state index contributed by atoms with van der Waals surface area (Å²) in [4.78, 5) is 18.9. The molecule has 1 atom stereocenters. The highest BCUT2D eigenvalue weighted by Gasteiger charge is 2.27. The molecule has 1 saturated carbocycles. The molecule has 31 heavy (non-hydrogen) atoms. The lowest BCUT2D eigenvalue weighted by molar-refractivity contribution is -0.390. The van der Waals surface area contributed by atoms with Crippen molar-refractivity contribution in [3.63, 3.8) is 0 Å². The third-order valence-corrected chi connectivity index (χ3v) is 6.56. The summed E-state index contributed by atoms with van der Waals surface area (Å²) in [6.07, 6.45) is 7.21. The molecule has 0 amide bonds. The minimum Gasteiger partial charge on any atom is -0.358 e. The number of pyridine rings is 2. The van der Waals surface area contributed by atoms with Gasteiger partial charge in [-0.1, -0.05) is 11.6 Å². The van der Waals surface area contributed by atoms with Crippen molar-refractivity contribution in [2.45, 2.75) is 51.1 Å². The summed E-state index contributed by atoms with van der Waals surface area (Å²) in [5.74, 6) is 0.448. The quantitative estimate of drug-likeness (QED) is 0.386. The van der Waals surface area contributed by atoms with Gasteiger partial charge in [-0.05, 0) is 90.2 Å². The molecule has 2 heterocycles. The van der Waals surface area contributed by atoms with E-state index in [4.69, 9.17) is 11.6 Å². The van der Waals surface area contributed by atoms with Crippen LogP contribution < -0.4 is 5.32 Å². The topological polar surface area (TPSA) is 81.0 Å². The lowest BCUT2D eigenvalue weighted by Crippen LogP contribution is -2.35. The van der Waals surface area contributed by atoms with E-state index in [1.807, 2.05) is 6.07 Å². The summed E-state index contributed by atoms with van der Waals surface area (Å²) in [7, 11) is 0. The highest BCUT2D eigenvalue weighted by Crippen LogP contribution is 2.39. The van der Waals surface area contributed by atoms with Crippen LogP contribution in [0.1, 0.15) is 49.7 Å². The van der Waals surface area contributed by atoms with Gasteiger partial charge in [0, 0.05) is 24.2 Å². The minimum atomic E-state index is -0.481. The van der Waals surface area contributed by atoms with Crippen LogP contribution in [0, 0.1) is 21.8 Å². The number of hydrogen-bond acceptors (Lipinski definition) is 5. The molecule has 0 radical (unpaired) electrons. The van der Waals surface area contributed by atoms with E-state index < -0.39 is 4.92 Å². The van der Waals surface area contributed by atoms with Crippen molar-refractivity contribution in [1.29, 1.82) is 0 Å². The molecule has 4 rings (SSSR count). The summed E-state index contributed by atoms with van der Waals surface area (Å²) in [6, 6.07) is 8.57. The number of hydrogen-bond donors (Lipinski definition) is 1. The molecule has 1 fully saturated rings. The monoisotopic (exact) mass is 442 g/mol. The molecule has 3 aromatic rings. The normalized spacial score (nSPS) is 20.0. The molecule has 0 bridgehead atoms. The average Bonchev–Trinajstić information content (AvgIpc) is 2.77. The average molecular weight is 443 g/mol. The van der Waals surface area contributed by atoms with Crippen LogP contribution in [0.2, 0.25) is 5.02 Å². The van der Waals surface area contributed by atoms with Gasteiger partial charge in [0.1, 0.15) is 5.82 Å². The van der Waals surface area contributed by atoms with Gasteiger partial charge in [0.15, 0.2) is 6.20 Å². The van der Waals surface area contributed by atoms with Crippen LogP contribution in [0.4, 0.5) is 10.2 Å². The van der Waals surface area contributed by atoms with Gasteiger partial charge in [0.05, 0.1) is 16.1 Å². The standard InChI is InChI=1S/C23H24ClFN4O2/c1-14(27-12-17-10-18(24)13-28-23(17)29(30)31)15-2-4-16(5-3-15)20-8-9-26-22-7-6-19(25)11-21(20)22/h6-11,13-16,27H,2-5,12H2,1H3. The smallest absolute Gasteiger partial charge is 0.358 e. The van der Waals surface area contributed by atoms with Crippen molar-refractivity contribution in [3.05, 3.63) is 74.8 Å². The van der Waals surface area contributed by atoms with E-state index >= 15 is 0 Å². The summed E-state index contributed by atoms with van der Waals surface area (Å²) >= 11 is 5.97. The molecule has 6 nitrogen and oxygen atoms in total. The molecule has 2 aromatic heterocycles. The van der Waals surface area contributed by atoms with E-state index in [0.29, 0.717) is 29.0 Å². The van der Waals surface area contributed by atoms with Gasteiger partial charge in [0.25, 0.3) is 0 Å². The van der Waals surface area contributed by atoms with E-state index in [1.165, 1.54) is 17.8 Å². The van der Waals surface area contributed by atoms with Gasteiger partial charge in [0.2, 0.25) is 0 Å². The fourth-order valence-corrected chi connectivity index (χ4v) is 4.81. The van der Waals surface area contributed by atoms with Crippen LogP contribution in [-0.2, 0) is 6.54 Å². The van der Waals surface area contributed by atoms with E-state index in [-0.39, 0.29) is 17.7 Å². The molecule has 1 aliphatic rings. The predicted molar refractivity (Wildman–Crippen MR) is 119 cm³/mol. The van der Waals surface area contributed by atoms with E-state index in [9.17, 15) is 14.5 Å². The molecule has 0 aliphatic heterocycles. The Labute approximate surface area is 185 Å². The highest BCUT2D eigenvalue weighted by molar-refractivity contribution is 6.30. The van der Waals surface area contributed by atoms with Crippen molar-refractivity contribution in [2.24, 2.45) is 5.92 Å². The van der Waals surface area contributed by atoms with Gasteiger partial charge in [-0.15, -0.1) is 0 Å². The van der Waals surface area contributed by atoms with Crippen LogP contribution >= 0.6 is 11.6 Å². The SMILES string of the molecule is CC(NCc1cc(Cl)cnc1[N+](=O)[O-])C1CCC(c2ccnc3ccc(F)cc23)CC1. The molecule has 1 unspecified atom stereocenters. The van der Waals surface area contributed by atoms with Gasteiger partial charge in [-0.25, -0.2) is 4.39 Å². The second kappa shape index (κ2) is 9.24. The number of rotatable bonds is 6. The van der Waals surface area contributed by atoms with Crippen molar-refractivity contribution < 1.29 is 9.31 Å². The maximum absolute atomic E-state index is 13.8. The molecule has 8 heteroatoms.